The van der Waals surface area contributed by atoms with E-state index in [1.165, 1.54) is 0 Å². The summed E-state index contributed by atoms with van der Waals surface area (Å²) in [6.07, 6.45) is 3.26. The van der Waals surface area contributed by atoms with Gasteiger partial charge in [0.05, 0.1) is 43.4 Å². The second-order valence-electron chi connectivity index (χ2n) is 4.21. The van der Waals surface area contributed by atoms with Crippen molar-refractivity contribution < 1.29 is 9.84 Å². The van der Waals surface area contributed by atoms with Gasteiger partial charge in [0, 0.05) is 13.1 Å². The van der Waals surface area contributed by atoms with Gasteiger partial charge >= 0.3 is 0 Å². The SMILES string of the molecule is CC1COC(CO)CN1c1cnc(CN)cn1. The molecule has 0 saturated carbocycles. The molecule has 0 radical (unpaired) electrons. The second kappa shape index (κ2) is 5.39. The van der Waals surface area contributed by atoms with Crippen molar-refractivity contribution in [1.29, 1.82) is 0 Å². The Kier molecular flexibility index (Phi) is 3.88. The summed E-state index contributed by atoms with van der Waals surface area (Å²) in [5.74, 6) is 0.802. The zero-order valence-electron chi connectivity index (χ0n) is 9.91. The van der Waals surface area contributed by atoms with Gasteiger partial charge < -0.3 is 20.5 Å². The number of rotatable bonds is 3. The predicted octanol–water partition coefficient (Wildman–Crippen LogP) is -0.479. The highest BCUT2D eigenvalue weighted by Crippen LogP contribution is 2.18. The number of anilines is 1. The third-order valence-corrected chi connectivity index (χ3v) is 2.90. The first-order chi connectivity index (χ1) is 8.24. The highest BCUT2D eigenvalue weighted by atomic mass is 16.5. The molecule has 0 spiro atoms. The number of aliphatic hydroxyl groups excluding tert-OH is 1. The van der Waals surface area contributed by atoms with E-state index in [9.17, 15) is 0 Å². The van der Waals surface area contributed by atoms with Crippen molar-refractivity contribution >= 4 is 5.82 Å². The van der Waals surface area contributed by atoms with Crippen LogP contribution in [-0.4, -0.2) is 47.0 Å². The first-order valence-electron chi connectivity index (χ1n) is 5.74. The van der Waals surface area contributed by atoms with Crippen molar-refractivity contribution in [2.24, 2.45) is 5.73 Å². The van der Waals surface area contributed by atoms with Crippen LogP contribution in [0.3, 0.4) is 0 Å². The summed E-state index contributed by atoms with van der Waals surface area (Å²) in [5.41, 5.74) is 6.25. The van der Waals surface area contributed by atoms with Gasteiger partial charge in [-0.2, -0.15) is 0 Å². The molecule has 2 unspecified atom stereocenters. The van der Waals surface area contributed by atoms with Crippen LogP contribution in [0.5, 0.6) is 0 Å². The molecule has 0 aliphatic carbocycles. The van der Waals surface area contributed by atoms with E-state index in [4.69, 9.17) is 15.6 Å². The maximum absolute atomic E-state index is 9.12. The summed E-state index contributed by atoms with van der Waals surface area (Å²) in [4.78, 5) is 10.7. The molecule has 3 N–H and O–H groups in total. The van der Waals surface area contributed by atoms with Crippen LogP contribution in [0.25, 0.3) is 0 Å². The number of aromatic nitrogens is 2. The van der Waals surface area contributed by atoms with Crippen LogP contribution in [0.15, 0.2) is 12.4 Å². The minimum absolute atomic E-state index is 0.0253. The topological polar surface area (TPSA) is 84.5 Å². The van der Waals surface area contributed by atoms with Crippen molar-refractivity contribution in [1.82, 2.24) is 9.97 Å². The lowest BCUT2D eigenvalue weighted by atomic mass is 10.2. The van der Waals surface area contributed by atoms with Gasteiger partial charge in [0.2, 0.25) is 0 Å². The molecule has 0 amide bonds. The van der Waals surface area contributed by atoms with E-state index in [0.717, 1.165) is 11.5 Å². The highest BCUT2D eigenvalue weighted by Gasteiger charge is 2.26. The summed E-state index contributed by atoms with van der Waals surface area (Å²) in [6, 6.07) is 0.232. The molecule has 94 valence electrons. The standard InChI is InChI=1S/C11H18N4O2/c1-8-7-17-10(6-16)5-15(8)11-4-13-9(2-12)3-14-11/h3-4,8,10,16H,2,5-7,12H2,1H3. The molecule has 0 aromatic carbocycles. The molecule has 1 aliphatic rings. The fourth-order valence-corrected chi connectivity index (χ4v) is 1.85. The van der Waals surface area contributed by atoms with Crippen molar-refractivity contribution in [3.63, 3.8) is 0 Å². The third kappa shape index (κ3) is 2.71. The van der Waals surface area contributed by atoms with Crippen LogP contribution in [0.2, 0.25) is 0 Å². The van der Waals surface area contributed by atoms with Crippen molar-refractivity contribution in [2.45, 2.75) is 25.6 Å². The van der Waals surface area contributed by atoms with Crippen LogP contribution in [0, 0.1) is 0 Å². The van der Waals surface area contributed by atoms with Gasteiger partial charge in [0.1, 0.15) is 5.82 Å². The third-order valence-electron chi connectivity index (χ3n) is 2.90. The molecule has 1 aromatic heterocycles. The highest BCUT2D eigenvalue weighted by molar-refractivity contribution is 5.38. The van der Waals surface area contributed by atoms with E-state index in [1.807, 2.05) is 0 Å². The molecule has 0 bridgehead atoms. The number of nitrogens with two attached hydrogens (primary N) is 1. The van der Waals surface area contributed by atoms with E-state index >= 15 is 0 Å². The fourth-order valence-electron chi connectivity index (χ4n) is 1.85. The molecule has 1 saturated heterocycles. The van der Waals surface area contributed by atoms with Crippen LogP contribution >= 0.6 is 0 Å². The molecule has 17 heavy (non-hydrogen) atoms. The maximum Gasteiger partial charge on any atom is 0.147 e. The normalized spacial score (nSPS) is 25.0. The molecular weight excluding hydrogens is 220 g/mol. The summed E-state index contributed by atoms with van der Waals surface area (Å²) >= 11 is 0. The Morgan fingerprint density at radius 3 is 2.94 bits per heavy atom. The average molecular weight is 238 g/mol. The predicted molar refractivity (Wildman–Crippen MR) is 63.6 cm³/mol. The first kappa shape index (κ1) is 12.2. The summed E-state index contributed by atoms with van der Waals surface area (Å²) in [5, 5.41) is 9.12. The number of morpholine rings is 1. The number of aliphatic hydroxyl groups is 1. The Morgan fingerprint density at radius 1 is 1.53 bits per heavy atom. The van der Waals surface area contributed by atoms with E-state index in [2.05, 4.69) is 21.8 Å². The molecule has 6 nitrogen and oxygen atoms in total. The van der Waals surface area contributed by atoms with E-state index in [1.54, 1.807) is 12.4 Å². The molecule has 1 aromatic rings. The van der Waals surface area contributed by atoms with Crippen LogP contribution in [0.1, 0.15) is 12.6 Å². The number of nitrogens with zero attached hydrogens (tertiary/aromatic N) is 3. The average Bonchev–Trinajstić information content (AvgIpc) is 2.39. The Bertz CT molecular complexity index is 357. The summed E-state index contributed by atoms with van der Waals surface area (Å²) in [7, 11) is 0. The van der Waals surface area contributed by atoms with Crippen molar-refractivity contribution in [2.75, 3.05) is 24.7 Å². The van der Waals surface area contributed by atoms with E-state index in [-0.39, 0.29) is 18.8 Å². The van der Waals surface area contributed by atoms with Gasteiger partial charge in [-0.3, -0.25) is 4.98 Å². The van der Waals surface area contributed by atoms with Gasteiger partial charge in [-0.15, -0.1) is 0 Å². The molecule has 6 heteroatoms. The minimum atomic E-state index is -0.151. The molecule has 1 fully saturated rings. The molecule has 2 atom stereocenters. The second-order valence-corrected chi connectivity index (χ2v) is 4.21. The van der Waals surface area contributed by atoms with Crippen LogP contribution < -0.4 is 10.6 Å². The zero-order valence-corrected chi connectivity index (χ0v) is 9.91. The Morgan fingerprint density at radius 2 is 2.35 bits per heavy atom. The Balaban J connectivity index is 2.12. The van der Waals surface area contributed by atoms with Crippen LogP contribution in [-0.2, 0) is 11.3 Å². The monoisotopic (exact) mass is 238 g/mol. The first-order valence-corrected chi connectivity index (χ1v) is 5.74. The van der Waals surface area contributed by atoms with E-state index in [0.29, 0.717) is 19.7 Å². The van der Waals surface area contributed by atoms with Crippen molar-refractivity contribution in [3.8, 4) is 0 Å². The quantitative estimate of drug-likeness (QED) is 0.740. The van der Waals surface area contributed by atoms with Gasteiger partial charge in [-0.25, -0.2) is 4.98 Å². The van der Waals surface area contributed by atoms with Gasteiger partial charge in [-0.05, 0) is 6.92 Å². The molecule has 2 rings (SSSR count). The lowest BCUT2D eigenvalue weighted by Gasteiger charge is -2.38. The molecule has 2 heterocycles. The minimum Gasteiger partial charge on any atom is -0.394 e. The van der Waals surface area contributed by atoms with Crippen LogP contribution in [0.4, 0.5) is 5.82 Å². The lowest BCUT2D eigenvalue weighted by molar-refractivity contribution is -0.0106. The number of hydrogen-bond acceptors (Lipinski definition) is 6. The molecular formula is C11H18N4O2. The Hall–Kier alpha value is -1.24. The fraction of sp³-hybridized carbons (Fsp3) is 0.636. The van der Waals surface area contributed by atoms with Gasteiger partial charge in [-0.1, -0.05) is 0 Å². The summed E-state index contributed by atoms with van der Waals surface area (Å²) in [6.45, 7) is 3.70. The zero-order chi connectivity index (χ0) is 12.3. The smallest absolute Gasteiger partial charge is 0.147 e. The van der Waals surface area contributed by atoms with Gasteiger partial charge in [0.25, 0.3) is 0 Å². The van der Waals surface area contributed by atoms with E-state index < -0.39 is 0 Å². The lowest BCUT2D eigenvalue weighted by Crippen LogP contribution is -2.50. The largest absolute Gasteiger partial charge is 0.394 e. The van der Waals surface area contributed by atoms with Crippen molar-refractivity contribution in [3.05, 3.63) is 18.1 Å². The summed E-state index contributed by atoms with van der Waals surface area (Å²) < 4.78 is 5.48. The van der Waals surface area contributed by atoms with Gasteiger partial charge in [0.15, 0.2) is 0 Å². The number of ether oxygens (including phenoxy) is 1. The maximum atomic E-state index is 9.12. The molecule has 1 aliphatic heterocycles. The Labute approximate surface area is 100 Å². The number of hydrogen-bond donors (Lipinski definition) is 2.